The van der Waals surface area contributed by atoms with Gasteiger partial charge in [0.2, 0.25) is 5.88 Å². The van der Waals surface area contributed by atoms with Crippen LogP contribution in [0.15, 0.2) is 42.9 Å². The van der Waals surface area contributed by atoms with Gasteiger partial charge in [-0.3, -0.25) is 0 Å². The van der Waals surface area contributed by atoms with Crippen molar-refractivity contribution in [3.05, 3.63) is 48.5 Å². The minimum atomic E-state index is -4.50. The van der Waals surface area contributed by atoms with Crippen LogP contribution >= 0.6 is 0 Å². The van der Waals surface area contributed by atoms with Gasteiger partial charge in [0, 0.05) is 17.8 Å². The number of halogens is 3. The number of hydrogen-bond donors (Lipinski definition) is 2. The highest BCUT2D eigenvalue weighted by atomic mass is 19.4. The number of aromatic amines is 1. The number of imidazole rings is 1. The molecule has 0 aliphatic heterocycles. The first-order valence-corrected chi connectivity index (χ1v) is 6.40. The number of rotatable bonds is 3. The Morgan fingerprint density at radius 1 is 1.09 bits per heavy atom. The lowest BCUT2D eigenvalue weighted by molar-refractivity contribution is -0.140. The number of alkyl halides is 3. The molecule has 2 heterocycles. The summed E-state index contributed by atoms with van der Waals surface area (Å²) in [6, 6.07) is 8.04. The van der Waals surface area contributed by atoms with Gasteiger partial charge in [0.05, 0.1) is 6.20 Å². The quantitative estimate of drug-likeness (QED) is 0.723. The molecule has 0 spiro atoms. The lowest BCUT2D eigenvalue weighted by Gasteiger charge is -2.06. The summed E-state index contributed by atoms with van der Waals surface area (Å²) < 4.78 is 43.2. The molecular formula is C14H10F3N5O. The van der Waals surface area contributed by atoms with E-state index in [9.17, 15) is 13.2 Å². The lowest BCUT2D eigenvalue weighted by Crippen LogP contribution is -2.04. The van der Waals surface area contributed by atoms with Gasteiger partial charge in [-0.2, -0.15) is 13.2 Å². The zero-order valence-corrected chi connectivity index (χ0v) is 11.5. The van der Waals surface area contributed by atoms with Crippen LogP contribution in [0.2, 0.25) is 0 Å². The molecular weight excluding hydrogens is 311 g/mol. The number of nitrogens with one attached hydrogen (secondary N) is 1. The Kier molecular flexibility index (Phi) is 3.61. The second kappa shape index (κ2) is 5.59. The average Bonchev–Trinajstić information content (AvgIpc) is 2.97. The summed E-state index contributed by atoms with van der Waals surface area (Å²) >= 11 is 0. The first kappa shape index (κ1) is 14.8. The van der Waals surface area contributed by atoms with E-state index in [2.05, 4.69) is 19.9 Å². The maximum atomic E-state index is 12.6. The van der Waals surface area contributed by atoms with E-state index in [4.69, 9.17) is 10.5 Å². The SMILES string of the molecule is Nc1cccc(Oc2cc(-c3ncc(C(F)(F)F)[nH]3)ncn2)c1. The Morgan fingerprint density at radius 3 is 2.61 bits per heavy atom. The first-order chi connectivity index (χ1) is 10.9. The fourth-order valence-corrected chi connectivity index (χ4v) is 1.82. The highest BCUT2D eigenvalue weighted by Gasteiger charge is 2.33. The molecule has 3 aromatic rings. The number of hydrogen-bond acceptors (Lipinski definition) is 5. The van der Waals surface area contributed by atoms with E-state index in [0.717, 1.165) is 0 Å². The van der Waals surface area contributed by atoms with E-state index in [1.165, 1.54) is 12.4 Å². The van der Waals surface area contributed by atoms with Crippen LogP contribution < -0.4 is 10.5 Å². The van der Waals surface area contributed by atoms with Crippen LogP contribution in [0.4, 0.5) is 18.9 Å². The highest BCUT2D eigenvalue weighted by molar-refractivity contribution is 5.51. The summed E-state index contributed by atoms with van der Waals surface area (Å²) in [5.74, 6) is 0.577. The van der Waals surface area contributed by atoms with Crippen LogP contribution in [0.5, 0.6) is 11.6 Å². The monoisotopic (exact) mass is 321 g/mol. The first-order valence-electron chi connectivity index (χ1n) is 6.40. The van der Waals surface area contributed by atoms with Crippen molar-refractivity contribution in [1.82, 2.24) is 19.9 Å². The smallest absolute Gasteiger partial charge is 0.432 e. The van der Waals surface area contributed by atoms with E-state index in [1.807, 2.05) is 0 Å². The van der Waals surface area contributed by atoms with Crippen molar-refractivity contribution in [2.45, 2.75) is 6.18 Å². The number of nitrogens with zero attached hydrogens (tertiary/aromatic N) is 3. The fraction of sp³-hybridized carbons (Fsp3) is 0.0714. The molecule has 0 bridgehead atoms. The molecule has 0 saturated carbocycles. The number of nitrogen functional groups attached to an aromatic ring is 1. The Balaban J connectivity index is 1.86. The normalized spacial score (nSPS) is 11.4. The topological polar surface area (TPSA) is 89.7 Å². The molecule has 0 amide bonds. The lowest BCUT2D eigenvalue weighted by atomic mass is 10.3. The van der Waals surface area contributed by atoms with Gasteiger partial charge < -0.3 is 15.5 Å². The molecule has 0 aliphatic carbocycles. The van der Waals surface area contributed by atoms with Gasteiger partial charge in [0.1, 0.15) is 23.5 Å². The number of ether oxygens (including phenoxy) is 1. The van der Waals surface area contributed by atoms with E-state index in [-0.39, 0.29) is 17.4 Å². The van der Waals surface area contributed by atoms with Gasteiger partial charge >= 0.3 is 6.18 Å². The molecule has 0 unspecified atom stereocenters. The number of anilines is 1. The third kappa shape index (κ3) is 3.39. The molecule has 0 radical (unpaired) electrons. The number of nitrogens with two attached hydrogens (primary N) is 1. The van der Waals surface area contributed by atoms with Crippen LogP contribution in [-0.2, 0) is 6.18 Å². The average molecular weight is 321 g/mol. The van der Waals surface area contributed by atoms with Crippen molar-refractivity contribution in [2.24, 2.45) is 0 Å². The maximum absolute atomic E-state index is 12.6. The number of H-pyrrole nitrogens is 1. The molecule has 0 saturated heterocycles. The molecule has 1 aromatic carbocycles. The second-order valence-electron chi connectivity index (χ2n) is 4.56. The van der Waals surface area contributed by atoms with E-state index in [0.29, 0.717) is 17.6 Å². The summed E-state index contributed by atoms with van der Waals surface area (Å²) in [4.78, 5) is 13.6. The highest BCUT2D eigenvalue weighted by Crippen LogP contribution is 2.29. The van der Waals surface area contributed by atoms with Crippen LogP contribution in [0.3, 0.4) is 0 Å². The Bertz CT molecular complexity index is 831. The van der Waals surface area contributed by atoms with Gasteiger partial charge in [-0.1, -0.05) is 6.07 Å². The number of benzene rings is 1. The van der Waals surface area contributed by atoms with Gasteiger partial charge in [-0.15, -0.1) is 0 Å². The summed E-state index contributed by atoms with van der Waals surface area (Å²) in [5, 5.41) is 0. The maximum Gasteiger partial charge on any atom is 0.432 e. The molecule has 23 heavy (non-hydrogen) atoms. The zero-order chi connectivity index (χ0) is 16.4. The minimum absolute atomic E-state index is 0.0304. The fourth-order valence-electron chi connectivity index (χ4n) is 1.82. The van der Waals surface area contributed by atoms with Crippen LogP contribution in [0.1, 0.15) is 5.69 Å². The molecule has 0 fully saturated rings. The van der Waals surface area contributed by atoms with Crippen LogP contribution in [0, 0.1) is 0 Å². The third-order valence-corrected chi connectivity index (χ3v) is 2.85. The standard InChI is InChI=1S/C14H10F3N5O/c15-14(16,17)11-6-19-13(22-11)10-5-12(21-7-20-10)23-9-3-1-2-8(18)4-9/h1-7H,18H2,(H,19,22). The van der Waals surface area contributed by atoms with Crippen molar-refractivity contribution < 1.29 is 17.9 Å². The molecule has 0 atom stereocenters. The molecule has 0 aliphatic rings. The third-order valence-electron chi connectivity index (χ3n) is 2.85. The molecule has 9 heteroatoms. The Hall–Kier alpha value is -3.10. The summed E-state index contributed by atoms with van der Waals surface area (Å²) in [7, 11) is 0. The largest absolute Gasteiger partial charge is 0.439 e. The molecule has 118 valence electrons. The Labute approximate surface area is 128 Å². The molecule has 6 nitrogen and oxygen atoms in total. The Morgan fingerprint density at radius 2 is 1.91 bits per heavy atom. The van der Waals surface area contributed by atoms with Crippen LogP contribution in [0.25, 0.3) is 11.5 Å². The van der Waals surface area contributed by atoms with Crippen molar-refractivity contribution in [3.8, 4) is 23.1 Å². The predicted molar refractivity (Wildman–Crippen MR) is 75.5 cm³/mol. The van der Waals surface area contributed by atoms with Gasteiger partial charge in [-0.05, 0) is 12.1 Å². The van der Waals surface area contributed by atoms with Crippen LogP contribution in [-0.4, -0.2) is 19.9 Å². The van der Waals surface area contributed by atoms with E-state index >= 15 is 0 Å². The van der Waals surface area contributed by atoms with Gasteiger partial charge in [0.15, 0.2) is 5.82 Å². The van der Waals surface area contributed by atoms with E-state index in [1.54, 1.807) is 24.3 Å². The summed E-state index contributed by atoms with van der Waals surface area (Å²) in [6.45, 7) is 0. The summed E-state index contributed by atoms with van der Waals surface area (Å²) in [5.41, 5.74) is 5.38. The van der Waals surface area contributed by atoms with Crippen molar-refractivity contribution >= 4 is 5.69 Å². The molecule has 2 aromatic heterocycles. The zero-order valence-electron chi connectivity index (χ0n) is 11.5. The van der Waals surface area contributed by atoms with E-state index < -0.39 is 11.9 Å². The van der Waals surface area contributed by atoms with Crippen molar-refractivity contribution in [1.29, 1.82) is 0 Å². The second-order valence-corrected chi connectivity index (χ2v) is 4.56. The van der Waals surface area contributed by atoms with Crippen molar-refractivity contribution in [3.63, 3.8) is 0 Å². The summed E-state index contributed by atoms with van der Waals surface area (Å²) in [6.07, 6.45) is -2.62. The minimum Gasteiger partial charge on any atom is -0.439 e. The molecule has 3 rings (SSSR count). The molecule has 3 N–H and O–H groups in total. The van der Waals surface area contributed by atoms with Gasteiger partial charge in [0.25, 0.3) is 0 Å². The number of aromatic nitrogens is 4. The van der Waals surface area contributed by atoms with Gasteiger partial charge in [-0.25, -0.2) is 15.0 Å². The predicted octanol–water partition coefficient (Wildman–Crippen LogP) is 3.26. The van der Waals surface area contributed by atoms with Crippen molar-refractivity contribution in [2.75, 3.05) is 5.73 Å².